The van der Waals surface area contributed by atoms with Gasteiger partial charge < -0.3 is 0 Å². The molecule has 0 fully saturated rings. The summed E-state index contributed by atoms with van der Waals surface area (Å²) in [6.45, 7) is 0. The third-order valence-electron chi connectivity index (χ3n) is 2.64. The van der Waals surface area contributed by atoms with Gasteiger partial charge in [0.2, 0.25) is 0 Å². The first-order valence-electron chi connectivity index (χ1n) is 6.79. The van der Waals surface area contributed by atoms with Crippen LogP contribution in [-0.2, 0) is 0 Å². The molecular formula is C18H18S3. The lowest BCUT2D eigenvalue weighted by Gasteiger charge is -1.95. The molecule has 3 heteroatoms. The Morgan fingerprint density at radius 2 is 1.05 bits per heavy atom. The van der Waals surface area contributed by atoms with E-state index in [9.17, 15) is 0 Å². The van der Waals surface area contributed by atoms with Gasteiger partial charge in [0.05, 0.1) is 0 Å². The van der Waals surface area contributed by atoms with E-state index >= 15 is 0 Å². The van der Waals surface area contributed by atoms with Crippen LogP contribution in [0.25, 0.3) is 12.2 Å². The lowest BCUT2D eigenvalue weighted by Crippen LogP contribution is -1.71. The molecule has 2 rings (SSSR count). The topological polar surface area (TPSA) is 0 Å². The van der Waals surface area contributed by atoms with E-state index in [1.54, 1.807) is 0 Å². The van der Waals surface area contributed by atoms with Crippen molar-refractivity contribution in [3.8, 4) is 0 Å². The van der Waals surface area contributed by atoms with Gasteiger partial charge in [-0.25, -0.2) is 0 Å². The predicted molar refractivity (Wildman–Crippen MR) is 103 cm³/mol. The molecule has 2 aromatic rings. The van der Waals surface area contributed by atoms with Gasteiger partial charge in [0.1, 0.15) is 0 Å². The van der Waals surface area contributed by atoms with Crippen LogP contribution in [-0.4, -0.2) is 11.5 Å². The van der Waals surface area contributed by atoms with E-state index < -0.39 is 0 Å². The first-order valence-corrected chi connectivity index (χ1v) is 10.6. The molecule has 0 N–H and O–H groups in total. The van der Waals surface area contributed by atoms with Gasteiger partial charge in [-0.15, -0.1) is 0 Å². The molecule has 0 amide bonds. The van der Waals surface area contributed by atoms with E-state index in [0.717, 1.165) is 11.5 Å². The maximum Gasteiger partial charge on any atom is 0.0229 e. The first-order chi connectivity index (χ1) is 10.4. The normalized spacial score (nSPS) is 11.4. The summed E-state index contributed by atoms with van der Waals surface area (Å²) < 4.78 is 0. The van der Waals surface area contributed by atoms with Crippen molar-refractivity contribution in [2.75, 3.05) is 11.5 Å². The molecule has 21 heavy (non-hydrogen) atoms. The highest BCUT2D eigenvalue weighted by Gasteiger charge is 1.89. The quantitative estimate of drug-likeness (QED) is 0.403. The lowest BCUT2D eigenvalue weighted by molar-refractivity contribution is 1.65. The SMILES string of the molecule is C(=C\c1ccccc1)/CSSSC/C=C/c1ccccc1. The van der Waals surface area contributed by atoms with E-state index in [1.165, 1.54) is 11.1 Å². The second kappa shape index (κ2) is 10.7. The smallest absolute Gasteiger partial charge is 0.0229 e. The molecule has 0 nitrogen and oxygen atoms in total. The summed E-state index contributed by atoms with van der Waals surface area (Å²) in [5.41, 5.74) is 2.53. The number of rotatable bonds is 8. The zero-order chi connectivity index (χ0) is 14.6. The lowest BCUT2D eigenvalue weighted by atomic mass is 10.2. The first kappa shape index (κ1) is 16.3. The van der Waals surface area contributed by atoms with Crippen LogP contribution < -0.4 is 0 Å². The van der Waals surface area contributed by atoms with E-state index in [-0.39, 0.29) is 0 Å². The van der Waals surface area contributed by atoms with E-state index in [4.69, 9.17) is 0 Å². The fourth-order valence-electron chi connectivity index (χ4n) is 1.66. The van der Waals surface area contributed by atoms with Crippen molar-refractivity contribution in [3.05, 3.63) is 83.9 Å². The Labute approximate surface area is 138 Å². The molecule has 108 valence electrons. The standard InChI is InChI=1S/C18H18S3/c1-3-9-17(10-4-1)13-7-15-19-21-20-16-8-14-18-11-5-2-6-12-18/h1-14H,15-16H2/b13-7+,14-8+. The summed E-state index contributed by atoms with van der Waals surface area (Å²) in [5, 5.41) is 0. The Morgan fingerprint density at radius 3 is 1.48 bits per heavy atom. The largest absolute Gasteiger partial charge is 0.0784 e. The van der Waals surface area contributed by atoms with Gasteiger partial charge >= 0.3 is 0 Å². The molecule has 0 heterocycles. The van der Waals surface area contributed by atoms with Crippen LogP contribution in [0.1, 0.15) is 11.1 Å². The Balaban J connectivity index is 1.52. The van der Waals surface area contributed by atoms with Crippen molar-refractivity contribution >= 4 is 43.6 Å². The minimum atomic E-state index is 1.04. The molecule has 0 saturated carbocycles. The molecule has 2 aromatic carbocycles. The van der Waals surface area contributed by atoms with E-state index in [1.807, 2.05) is 43.5 Å². The van der Waals surface area contributed by atoms with Crippen molar-refractivity contribution in [1.82, 2.24) is 0 Å². The van der Waals surface area contributed by atoms with E-state index in [0.29, 0.717) is 0 Å². The highest BCUT2D eigenvalue weighted by atomic mass is 33.5. The third-order valence-corrected chi connectivity index (χ3v) is 6.62. The number of hydrogen-bond acceptors (Lipinski definition) is 3. The van der Waals surface area contributed by atoms with Gasteiger partial charge in [0.15, 0.2) is 0 Å². The Morgan fingerprint density at radius 1 is 0.619 bits per heavy atom. The second-order valence-electron chi connectivity index (χ2n) is 4.26. The zero-order valence-corrected chi connectivity index (χ0v) is 14.2. The molecular weight excluding hydrogens is 312 g/mol. The molecule has 0 unspecified atom stereocenters. The molecule has 0 aliphatic rings. The van der Waals surface area contributed by atoms with Gasteiger partial charge in [0, 0.05) is 11.5 Å². The molecule has 0 bridgehead atoms. The second-order valence-corrected chi connectivity index (χ2v) is 8.58. The Kier molecular flexibility index (Phi) is 8.30. The molecule has 0 saturated heterocycles. The minimum absolute atomic E-state index is 1.04. The van der Waals surface area contributed by atoms with Gasteiger partial charge in [-0.3, -0.25) is 0 Å². The Bertz CT molecular complexity index is 496. The average Bonchev–Trinajstić information content (AvgIpc) is 2.55. The summed E-state index contributed by atoms with van der Waals surface area (Å²) in [7, 11) is 5.61. The Hall–Kier alpha value is -1.03. The highest BCUT2D eigenvalue weighted by Crippen LogP contribution is 2.34. The van der Waals surface area contributed by atoms with Gasteiger partial charge in [0.25, 0.3) is 0 Å². The fourth-order valence-corrected chi connectivity index (χ4v) is 4.81. The summed E-state index contributed by atoms with van der Waals surface area (Å²) in [5.74, 6) is 2.07. The summed E-state index contributed by atoms with van der Waals surface area (Å²) in [6, 6.07) is 20.8. The van der Waals surface area contributed by atoms with Gasteiger partial charge in [-0.05, 0) is 21.0 Å². The van der Waals surface area contributed by atoms with Crippen LogP contribution in [0.15, 0.2) is 72.8 Å². The van der Waals surface area contributed by atoms with Crippen molar-refractivity contribution in [3.63, 3.8) is 0 Å². The third kappa shape index (κ3) is 7.51. The van der Waals surface area contributed by atoms with E-state index in [2.05, 4.69) is 72.8 Å². The molecule has 0 aliphatic heterocycles. The van der Waals surface area contributed by atoms with Crippen LogP contribution >= 0.6 is 31.4 Å². The molecule has 0 radical (unpaired) electrons. The monoisotopic (exact) mass is 330 g/mol. The fraction of sp³-hybridized carbons (Fsp3) is 0.111. The summed E-state index contributed by atoms with van der Waals surface area (Å²) in [4.78, 5) is 0. The summed E-state index contributed by atoms with van der Waals surface area (Å²) in [6.07, 6.45) is 8.78. The van der Waals surface area contributed by atoms with Crippen LogP contribution in [0.4, 0.5) is 0 Å². The van der Waals surface area contributed by atoms with Crippen LogP contribution in [0.2, 0.25) is 0 Å². The molecule has 0 atom stereocenters. The molecule has 0 aromatic heterocycles. The maximum absolute atomic E-state index is 2.22. The van der Waals surface area contributed by atoms with Gasteiger partial charge in [-0.2, -0.15) is 0 Å². The molecule has 0 aliphatic carbocycles. The number of hydrogen-bond donors (Lipinski definition) is 0. The van der Waals surface area contributed by atoms with Crippen LogP contribution in [0.3, 0.4) is 0 Å². The number of benzene rings is 2. The maximum atomic E-state index is 2.22. The molecule has 0 spiro atoms. The minimum Gasteiger partial charge on any atom is -0.0784 e. The van der Waals surface area contributed by atoms with Crippen molar-refractivity contribution in [2.24, 2.45) is 0 Å². The average molecular weight is 331 g/mol. The van der Waals surface area contributed by atoms with Crippen molar-refractivity contribution in [1.29, 1.82) is 0 Å². The highest BCUT2D eigenvalue weighted by molar-refractivity contribution is 9.09. The van der Waals surface area contributed by atoms with Gasteiger partial charge in [-0.1, -0.05) is 107 Å². The van der Waals surface area contributed by atoms with Crippen LogP contribution in [0, 0.1) is 0 Å². The summed E-state index contributed by atoms with van der Waals surface area (Å²) >= 11 is 0. The predicted octanol–water partition coefficient (Wildman–Crippen LogP) is 6.44. The zero-order valence-electron chi connectivity index (χ0n) is 11.7. The van der Waals surface area contributed by atoms with Crippen molar-refractivity contribution < 1.29 is 0 Å². The van der Waals surface area contributed by atoms with Crippen LogP contribution in [0.5, 0.6) is 0 Å². The van der Waals surface area contributed by atoms with Crippen molar-refractivity contribution in [2.45, 2.75) is 0 Å².